The number of nitrogens with one attached hydrogen (secondary N) is 1. The number of hydrogen-bond acceptors (Lipinski definition) is 4. The largest absolute Gasteiger partial charge is 0.354 e. The minimum Gasteiger partial charge on any atom is -0.354 e. The Morgan fingerprint density at radius 2 is 2.21 bits per heavy atom. The minimum absolute atomic E-state index is 0.00854. The fourth-order valence-electron chi connectivity index (χ4n) is 0.815. The van der Waals surface area contributed by atoms with E-state index in [0.717, 1.165) is 6.07 Å². The van der Waals surface area contributed by atoms with Crippen molar-refractivity contribution in [3.05, 3.63) is 24.0 Å². The van der Waals surface area contributed by atoms with Crippen LogP contribution in [0.25, 0.3) is 0 Å². The Labute approximate surface area is 85.5 Å². The van der Waals surface area contributed by atoms with E-state index in [1.54, 1.807) is 0 Å². The van der Waals surface area contributed by atoms with E-state index in [-0.39, 0.29) is 10.6 Å². The van der Waals surface area contributed by atoms with E-state index in [2.05, 4.69) is 10.3 Å². The van der Waals surface area contributed by atoms with Gasteiger partial charge < -0.3 is 5.32 Å². The normalized spacial score (nSPS) is 11.0. The number of amides is 1. The highest BCUT2D eigenvalue weighted by atomic mass is 35.7. The lowest BCUT2D eigenvalue weighted by atomic mass is 10.3. The molecule has 1 aromatic heterocycles. The standard InChI is InChI=1S/C7H7ClN2O3S/c1-9-7(11)6-4-5(2-3-10-6)14(8,12)13/h2-4H,1H3,(H,9,11). The van der Waals surface area contributed by atoms with Crippen molar-refractivity contribution in [1.82, 2.24) is 10.3 Å². The van der Waals surface area contributed by atoms with Gasteiger partial charge in [0.1, 0.15) is 5.69 Å². The Hall–Kier alpha value is -1.14. The van der Waals surface area contributed by atoms with Gasteiger partial charge in [0, 0.05) is 23.9 Å². The quantitative estimate of drug-likeness (QED) is 0.750. The Bertz CT molecular complexity index is 458. The molecule has 1 heterocycles. The molecule has 5 nitrogen and oxygen atoms in total. The number of carbonyl (C=O) groups is 1. The first-order valence-corrected chi connectivity index (χ1v) is 5.89. The first kappa shape index (κ1) is 10.9. The van der Waals surface area contributed by atoms with Gasteiger partial charge in [-0.05, 0) is 12.1 Å². The first-order valence-electron chi connectivity index (χ1n) is 3.58. The molecular weight excluding hydrogens is 228 g/mol. The molecular formula is C7H7ClN2O3S. The molecule has 1 rings (SSSR count). The van der Waals surface area contributed by atoms with Gasteiger partial charge in [-0.1, -0.05) is 0 Å². The van der Waals surface area contributed by atoms with Gasteiger partial charge in [0.2, 0.25) is 0 Å². The van der Waals surface area contributed by atoms with E-state index in [1.807, 2.05) is 0 Å². The molecule has 0 bridgehead atoms. The monoisotopic (exact) mass is 234 g/mol. The van der Waals surface area contributed by atoms with Crippen LogP contribution in [-0.4, -0.2) is 26.4 Å². The highest BCUT2D eigenvalue weighted by Crippen LogP contribution is 2.14. The summed E-state index contributed by atoms with van der Waals surface area (Å²) in [4.78, 5) is 14.6. The van der Waals surface area contributed by atoms with Crippen LogP contribution >= 0.6 is 10.7 Å². The van der Waals surface area contributed by atoms with Crippen molar-refractivity contribution in [1.29, 1.82) is 0 Å². The van der Waals surface area contributed by atoms with Crippen LogP contribution in [0.1, 0.15) is 10.5 Å². The first-order chi connectivity index (χ1) is 6.45. The van der Waals surface area contributed by atoms with Crippen LogP contribution in [-0.2, 0) is 9.05 Å². The van der Waals surface area contributed by atoms with Crippen molar-refractivity contribution in [2.24, 2.45) is 0 Å². The molecule has 0 radical (unpaired) electrons. The maximum Gasteiger partial charge on any atom is 0.269 e. The van der Waals surface area contributed by atoms with Gasteiger partial charge in [0.05, 0.1) is 4.90 Å². The molecule has 7 heteroatoms. The molecule has 0 aromatic carbocycles. The summed E-state index contributed by atoms with van der Waals surface area (Å²) in [5.41, 5.74) is 0.00854. The number of nitrogens with zero attached hydrogens (tertiary/aromatic N) is 1. The predicted molar refractivity (Wildman–Crippen MR) is 50.7 cm³/mol. The summed E-state index contributed by atoms with van der Waals surface area (Å²) in [6.07, 6.45) is 1.21. The Morgan fingerprint density at radius 1 is 1.57 bits per heavy atom. The lowest BCUT2D eigenvalue weighted by molar-refractivity contribution is 0.0958. The van der Waals surface area contributed by atoms with E-state index >= 15 is 0 Å². The average molecular weight is 235 g/mol. The van der Waals surface area contributed by atoms with Crippen LogP contribution in [0.4, 0.5) is 0 Å². The third kappa shape index (κ3) is 2.43. The summed E-state index contributed by atoms with van der Waals surface area (Å²) in [7, 11) is 2.70. The van der Waals surface area contributed by atoms with E-state index in [9.17, 15) is 13.2 Å². The average Bonchev–Trinajstić information content (AvgIpc) is 2.15. The van der Waals surface area contributed by atoms with Gasteiger partial charge in [-0.3, -0.25) is 9.78 Å². The Kier molecular flexibility index (Phi) is 3.07. The number of rotatable bonds is 2. The molecule has 14 heavy (non-hydrogen) atoms. The number of hydrogen-bond donors (Lipinski definition) is 1. The van der Waals surface area contributed by atoms with Crippen LogP contribution in [0.2, 0.25) is 0 Å². The summed E-state index contributed by atoms with van der Waals surface area (Å²) in [5.74, 6) is -0.466. The molecule has 0 aliphatic rings. The summed E-state index contributed by atoms with van der Waals surface area (Å²) in [6.45, 7) is 0. The zero-order valence-electron chi connectivity index (χ0n) is 7.19. The second-order valence-electron chi connectivity index (χ2n) is 2.39. The van der Waals surface area contributed by atoms with E-state index in [4.69, 9.17) is 10.7 Å². The molecule has 0 aliphatic carbocycles. The van der Waals surface area contributed by atoms with Gasteiger partial charge in [0.15, 0.2) is 0 Å². The molecule has 0 saturated heterocycles. The van der Waals surface area contributed by atoms with Crippen LogP contribution in [0.15, 0.2) is 23.2 Å². The predicted octanol–water partition coefficient (Wildman–Crippen LogP) is 0.369. The third-order valence-corrected chi connectivity index (χ3v) is 2.82. The van der Waals surface area contributed by atoms with Gasteiger partial charge in [0.25, 0.3) is 15.0 Å². The topological polar surface area (TPSA) is 76.1 Å². The maximum absolute atomic E-state index is 11.1. The molecule has 76 valence electrons. The molecule has 1 N–H and O–H groups in total. The highest BCUT2D eigenvalue weighted by Gasteiger charge is 2.13. The third-order valence-electron chi connectivity index (χ3n) is 1.47. The van der Waals surface area contributed by atoms with E-state index in [0.29, 0.717) is 0 Å². The van der Waals surface area contributed by atoms with Crippen molar-refractivity contribution in [3.8, 4) is 0 Å². The summed E-state index contributed by atoms with van der Waals surface area (Å²) < 4.78 is 21.8. The minimum atomic E-state index is -3.81. The molecule has 0 spiro atoms. The van der Waals surface area contributed by atoms with E-state index < -0.39 is 15.0 Å². The molecule has 0 aliphatic heterocycles. The van der Waals surface area contributed by atoms with Crippen LogP contribution < -0.4 is 5.32 Å². The number of pyridine rings is 1. The number of halogens is 1. The van der Waals surface area contributed by atoms with Crippen molar-refractivity contribution in [3.63, 3.8) is 0 Å². The molecule has 0 fully saturated rings. The second-order valence-corrected chi connectivity index (χ2v) is 4.96. The fraction of sp³-hybridized carbons (Fsp3) is 0.143. The highest BCUT2D eigenvalue weighted by molar-refractivity contribution is 8.13. The molecule has 0 atom stereocenters. The van der Waals surface area contributed by atoms with Crippen LogP contribution in [0, 0.1) is 0 Å². The lowest BCUT2D eigenvalue weighted by Crippen LogP contribution is -2.19. The number of carbonyl (C=O) groups excluding carboxylic acids is 1. The smallest absolute Gasteiger partial charge is 0.269 e. The van der Waals surface area contributed by atoms with Crippen LogP contribution in [0.3, 0.4) is 0 Å². The Balaban J connectivity index is 3.21. The molecule has 1 amide bonds. The molecule has 0 unspecified atom stereocenters. The molecule has 0 saturated carbocycles. The van der Waals surface area contributed by atoms with Crippen molar-refractivity contribution in [2.75, 3.05) is 7.05 Å². The van der Waals surface area contributed by atoms with E-state index in [1.165, 1.54) is 19.3 Å². The van der Waals surface area contributed by atoms with Gasteiger partial charge in [-0.2, -0.15) is 0 Å². The lowest BCUT2D eigenvalue weighted by Gasteiger charge is -1.99. The maximum atomic E-state index is 11.1. The van der Waals surface area contributed by atoms with Crippen molar-refractivity contribution >= 4 is 25.6 Å². The number of aromatic nitrogens is 1. The van der Waals surface area contributed by atoms with Crippen molar-refractivity contribution < 1.29 is 13.2 Å². The second kappa shape index (κ2) is 3.93. The molecule has 1 aromatic rings. The van der Waals surface area contributed by atoms with Gasteiger partial charge >= 0.3 is 0 Å². The van der Waals surface area contributed by atoms with Crippen molar-refractivity contribution in [2.45, 2.75) is 4.90 Å². The zero-order chi connectivity index (χ0) is 10.8. The van der Waals surface area contributed by atoms with Gasteiger partial charge in [-0.25, -0.2) is 8.42 Å². The zero-order valence-corrected chi connectivity index (χ0v) is 8.76. The summed E-state index contributed by atoms with van der Waals surface area (Å²) in [5, 5.41) is 2.32. The van der Waals surface area contributed by atoms with Gasteiger partial charge in [-0.15, -0.1) is 0 Å². The SMILES string of the molecule is CNC(=O)c1cc(S(=O)(=O)Cl)ccn1. The summed E-state index contributed by atoms with van der Waals surface area (Å²) in [6, 6.07) is 2.33. The fourth-order valence-corrected chi connectivity index (χ4v) is 1.58. The summed E-state index contributed by atoms with van der Waals surface area (Å²) >= 11 is 0. The Morgan fingerprint density at radius 3 is 2.71 bits per heavy atom. The van der Waals surface area contributed by atoms with Crippen LogP contribution in [0.5, 0.6) is 0 Å².